The fourth-order valence-corrected chi connectivity index (χ4v) is 4.71. The summed E-state index contributed by atoms with van der Waals surface area (Å²) in [6, 6.07) is 15.5. The first-order valence-corrected chi connectivity index (χ1v) is 12.7. The highest BCUT2D eigenvalue weighted by Crippen LogP contribution is 2.26. The van der Waals surface area contributed by atoms with Crippen molar-refractivity contribution in [3.63, 3.8) is 0 Å². The molecule has 0 spiro atoms. The van der Waals surface area contributed by atoms with Gasteiger partial charge in [0.25, 0.3) is 0 Å². The maximum Gasteiger partial charge on any atom is 0.411 e. The van der Waals surface area contributed by atoms with Crippen molar-refractivity contribution in [2.45, 2.75) is 51.4 Å². The van der Waals surface area contributed by atoms with E-state index in [0.29, 0.717) is 18.7 Å². The van der Waals surface area contributed by atoms with Crippen LogP contribution in [0.4, 0.5) is 10.5 Å². The van der Waals surface area contributed by atoms with E-state index in [2.05, 4.69) is 46.4 Å². The number of carbonyl (C=O) groups excluding carboxylic acids is 2. The molecular weight excluding hydrogens is 454 g/mol. The van der Waals surface area contributed by atoms with Crippen LogP contribution < -0.4 is 11.1 Å². The Morgan fingerprint density at radius 3 is 2.39 bits per heavy atom. The molecule has 2 aromatic carbocycles. The summed E-state index contributed by atoms with van der Waals surface area (Å²) in [6.07, 6.45) is -0.111. The summed E-state index contributed by atoms with van der Waals surface area (Å²) < 4.78 is 5.49. The second-order valence-electron chi connectivity index (χ2n) is 11.0. The van der Waals surface area contributed by atoms with E-state index in [4.69, 9.17) is 10.5 Å². The van der Waals surface area contributed by atoms with Crippen LogP contribution >= 0.6 is 0 Å². The molecule has 2 aliphatic rings. The van der Waals surface area contributed by atoms with E-state index in [-0.39, 0.29) is 11.9 Å². The molecule has 2 saturated heterocycles. The number of piperazine rings is 1. The van der Waals surface area contributed by atoms with Gasteiger partial charge in [0.05, 0.1) is 0 Å². The molecule has 2 aliphatic heterocycles. The summed E-state index contributed by atoms with van der Waals surface area (Å²) >= 11 is 0. The average Bonchev–Trinajstić information content (AvgIpc) is 3.22. The van der Waals surface area contributed by atoms with E-state index >= 15 is 0 Å². The number of rotatable bonds is 5. The van der Waals surface area contributed by atoms with Crippen molar-refractivity contribution in [3.8, 4) is 11.1 Å². The molecule has 2 heterocycles. The quantitative estimate of drug-likeness (QED) is 0.664. The second-order valence-corrected chi connectivity index (χ2v) is 11.0. The molecule has 194 valence electrons. The average molecular weight is 494 g/mol. The Morgan fingerprint density at radius 1 is 1.03 bits per heavy atom. The summed E-state index contributed by atoms with van der Waals surface area (Å²) in [5.74, 6) is -0.256. The van der Waals surface area contributed by atoms with Gasteiger partial charge in [-0.05, 0) is 63.1 Å². The van der Waals surface area contributed by atoms with Gasteiger partial charge >= 0.3 is 6.09 Å². The van der Waals surface area contributed by atoms with Crippen molar-refractivity contribution in [1.82, 2.24) is 14.7 Å². The van der Waals surface area contributed by atoms with Crippen molar-refractivity contribution in [2.75, 3.05) is 45.1 Å². The molecule has 0 unspecified atom stereocenters. The number of hydrogen-bond acceptors (Lipinski definition) is 6. The van der Waals surface area contributed by atoms with Crippen LogP contribution in [0, 0.1) is 0 Å². The van der Waals surface area contributed by atoms with Crippen LogP contribution in [-0.4, -0.2) is 84.2 Å². The monoisotopic (exact) mass is 493 g/mol. The van der Waals surface area contributed by atoms with Gasteiger partial charge in [0.15, 0.2) is 0 Å². The molecule has 2 amide bonds. The highest BCUT2D eigenvalue weighted by atomic mass is 16.6. The van der Waals surface area contributed by atoms with Crippen LogP contribution in [-0.2, 0) is 16.1 Å². The molecule has 0 radical (unpaired) electrons. The maximum absolute atomic E-state index is 13.1. The lowest BCUT2D eigenvalue weighted by molar-refractivity contribution is -0.120. The van der Waals surface area contributed by atoms with Gasteiger partial charge < -0.3 is 20.7 Å². The topological polar surface area (TPSA) is 91.1 Å². The van der Waals surface area contributed by atoms with Crippen molar-refractivity contribution in [2.24, 2.45) is 5.73 Å². The first kappa shape index (κ1) is 26.1. The molecule has 4 rings (SSSR count). The predicted molar refractivity (Wildman–Crippen MR) is 143 cm³/mol. The lowest BCUT2D eigenvalue weighted by Gasteiger charge is -2.32. The Bertz CT molecular complexity index is 1060. The Morgan fingerprint density at radius 2 is 1.72 bits per heavy atom. The highest BCUT2D eigenvalue weighted by Gasteiger charge is 2.40. The lowest BCUT2D eigenvalue weighted by Crippen LogP contribution is -2.45. The minimum Gasteiger partial charge on any atom is -0.444 e. The number of benzene rings is 2. The van der Waals surface area contributed by atoms with Gasteiger partial charge in [-0.2, -0.15) is 0 Å². The number of ether oxygens (including phenoxy) is 1. The zero-order valence-corrected chi connectivity index (χ0v) is 21.9. The van der Waals surface area contributed by atoms with Crippen molar-refractivity contribution >= 4 is 17.7 Å². The van der Waals surface area contributed by atoms with Gasteiger partial charge in [-0.25, -0.2) is 4.79 Å². The van der Waals surface area contributed by atoms with E-state index in [1.165, 1.54) is 10.5 Å². The zero-order chi connectivity index (χ0) is 25.9. The SMILES string of the molecule is CN1CCN(Cc2ccc(-c3cccc(NC(=O)[C@@H]4C[C@H](N)CN4C(=O)OC(C)(C)C)c3)cc2)CC1. The molecule has 8 heteroatoms. The van der Waals surface area contributed by atoms with Gasteiger partial charge in [0.1, 0.15) is 11.6 Å². The number of amides is 2. The summed E-state index contributed by atoms with van der Waals surface area (Å²) in [4.78, 5) is 32.1. The molecule has 0 bridgehead atoms. The largest absolute Gasteiger partial charge is 0.444 e. The van der Waals surface area contributed by atoms with Gasteiger partial charge in [-0.3, -0.25) is 14.6 Å². The van der Waals surface area contributed by atoms with Crippen LogP contribution in [0.5, 0.6) is 0 Å². The van der Waals surface area contributed by atoms with Crippen LogP contribution in [0.25, 0.3) is 11.1 Å². The normalized spacial score (nSPS) is 21.4. The van der Waals surface area contributed by atoms with Gasteiger partial charge in [0.2, 0.25) is 5.91 Å². The molecule has 2 fully saturated rings. The highest BCUT2D eigenvalue weighted by molar-refractivity contribution is 5.97. The first-order chi connectivity index (χ1) is 17.1. The number of nitrogens with zero attached hydrogens (tertiary/aromatic N) is 3. The number of hydrogen-bond donors (Lipinski definition) is 2. The molecule has 0 aromatic heterocycles. The Kier molecular flexibility index (Phi) is 7.97. The number of carbonyl (C=O) groups is 2. The van der Waals surface area contributed by atoms with Crippen LogP contribution in [0.2, 0.25) is 0 Å². The van der Waals surface area contributed by atoms with Gasteiger partial charge in [-0.15, -0.1) is 0 Å². The van der Waals surface area contributed by atoms with Gasteiger partial charge in [0, 0.05) is 51.0 Å². The minimum atomic E-state index is -0.660. The minimum absolute atomic E-state index is 0.256. The third-order valence-corrected chi connectivity index (χ3v) is 6.68. The molecule has 0 saturated carbocycles. The summed E-state index contributed by atoms with van der Waals surface area (Å²) in [5.41, 5.74) is 9.54. The lowest BCUT2D eigenvalue weighted by atomic mass is 10.0. The smallest absolute Gasteiger partial charge is 0.411 e. The van der Waals surface area contributed by atoms with E-state index in [1.807, 2.05) is 24.3 Å². The van der Waals surface area contributed by atoms with E-state index in [9.17, 15) is 9.59 Å². The molecule has 3 N–H and O–H groups in total. The number of anilines is 1. The summed E-state index contributed by atoms with van der Waals surface area (Å²) in [6.45, 7) is 11.1. The number of likely N-dealkylation sites (N-methyl/N-ethyl adjacent to an activating group) is 1. The fourth-order valence-electron chi connectivity index (χ4n) is 4.71. The van der Waals surface area contributed by atoms with Gasteiger partial charge in [-0.1, -0.05) is 36.4 Å². The van der Waals surface area contributed by atoms with Crippen molar-refractivity contribution in [1.29, 1.82) is 0 Å². The molecule has 36 heavy (non-hydrogen) atoms. The predicted octanol–water partition coefficient (Wildman–Crippen LogP) is 3.38. The zero-order valence-electron chi connectivity index (χ0n) is 21.9. The molecular formula is C28H39N5O3. The van der Waals surface area contributed by atoms with Crippen molar-refractivity contribution < 1.29 is 14.3 Å². The molecule has 2 aromatic rings. The van der Waals surface area contributed by atoms with E-state index in [1.54, 1.807) is 20.8 Å². The van der Waals surface area contributed by atoms with E-state index in [0.717, 1.165) is 43.9 Å². The standard InChI is InChI=1S/C28H39N5O3/c1-28(2,3)36-27(35)33-19-23(29)17-25(33)26(34)30-24-7-5-6-22(16-24)21-10-8-20(9-11-21)18-32-14-12-31(4)13-15-32/h5-11,16,23,25H,12-15,17-19,29H2,1-4H3,(H,30,34)/t23-,25-/m0/s1. The van der Waals surface area contributed by atoms with Crippen molar-refractivity contribution in [3.05, 3.63) is 54.1 Å². The number of likely N-dealkylation sites (tertiary alicyclic amines) is 1. The molecule has 8 nitrogen and oxygen atoms in total. The molecule has 2 atom stereocenters. The third kappa shape index (κ3) is 6.84. The van der Waals surface area contributed by atoms with Crippen LogP contribution in [0.1, 0.15) is 32.8 Å². The first-order valence-electron chi connectivity index (χ1n) is 12.7. The summed E-state index contributed by atoms with van der Waals surface area (Å²) in [5, 5.41) is 2.98. The Hall–Kier alpha value is -2.94. The third-order valence-electron chi connectivity index (χ3n) is 6.68. The Labute approximate surface area is 214 Å². The van der Waals surface area contributed by atoms with Crippen LogP contribution in [0.3, 0.4) is 0 Å². The molecule has 0 aliphatic carbocycles. The Balaban J connectivity index is 1.40. The number of nitrogens with two attached hydrogens (primary N) is 1. The van der Waals surface area contributed by atoms with E-state index < -0.39 is 17.7 Å². The fraction of sp³-hybridized carbons (Fsp3) is 0.500. The maximum atomic E-state index is 13.1. The second kappa shape index (κ2) is 11.0. The number of nitrogens with one attached hydrogen (secondary N) is 1. The summed E-state index contributed by atoms with van der Waals surface area (Å²) in [7, 11) is 2.17. The van der Waals surface area contributed by atoms with Crippen LogP contribution in [0.15, 0.2) is 48.5 Å².